The maximum absolute atomic E-state index is 13.1. The third-order valence-corrected chi connectivity index (χ3v) is 3.59. The molecule has 2 rings (SSSR count). The van der Waals surface area contributed by atoms with Crippen molar-refractivity contribution in [2.75, 3.05) is 32.8 Å². The van der Waals surface area contributed by atoms with Crippen LogP contribution in [0, 0.1) is 12.7 Å². The SMILES string of the molecule is CCN1CCOC(CNCc2ccc(F)c(C)c2)C1. The Morgan fingerprint density at radius 2 is 2.32 bits per heavy atom. The highest BCUT2D eigenvalue weighted by Gasteiger charge is 2.18. The molecule has 1 unspecified atom stereocenters. The van der Waals surface area contributed by atoms with Gasteiger partial charge in [0.05, 0.1) is 12.7 Å². The molecule has 1 aromatic rings. The minimum atomic E-state index is -0.141. The fourth-order valence-corrected chi connectivity index (χ4v) is 2.39. The fraction of sp³-hybridized carbons (Fsp3) is 0.600. The maximum Gasteiger partial charge on any atom is 0.126 e. The van der Waals surface area contributed by atoms with Gasteiger partial charge in [0.25, 0.3) is 0 Å². The van der Waals surface area contributed by atoms with Crippen molar-refractivity contribution in [2.45, 2.75) is 26.5 Å². The zero-order chi connectivity index (χ0) is 13.7. The number of hydrogen-bond donors (Lipinski definition) is 1. The Hall–Kier alpha value is -0.970. The average molecular weight is 266 g/mol. The van der Waals surface area contributed by atoms with E-state index in [-0.39, 0.29) is 11.9 Å². The van der Waals surface area contributed by atoms with E-state index in [1.807, 2.05) is 12.1 Å². The zero-order valence-electron chi connectivity index (χ0n) is 11.8. The summed E-state index contributed by atoms with van der Waals surface area (Å²) in [5.74, 6) is -0.141. The van der Waals surface area contributed by atoms with Crippen LogP contribution in [-0.2, 0) is 11.3 Å². The number of nitrogens with zero attached hydrogens (tertiary/aromatic N) is 1. The highest BCUT2D eigenvalue weighted by atomic mass is 19.1. The van der Waals surface area contributed by atoms with Gasteiger partial charge in [-0.25, -0.2) is 4.39 Å². The van der Waals surface area contributed by atoms with Gasteiger partial charge in [0.1, 0.15) is 5.82 Å². The summed E-state index contributed by atoms with van der Waals surface area (Å²) in [6.07, 6.45) is 0.259. The highest BCUT2D eigenvalue weighted by molar-refractivity contribution is 5.23. The van der Waals surface area contributed by atoms with Gasteiger partial charge in [0.15, 0.2) is 0 Å². The van der Waals surface area contributed by atoms with Crippen molar-refractivity contribution < 1.29 is 9.13 Å². The van der Waals surface area contributed by atoms with E-state index < -0.39 is 0 Å². The number of likely N-dealkylation sites (N-methyl/N-ethyl adjacent to an activating group) is 1. The van der Waals surface area contributed by atoms with Crippen molar-refractivity contribution in [3.8, 4) is 0 Å². The molecule has 0 spiro atoms. The molecule has 19 heavy (non-hydrogen) atoms. The number of rotatable bonds is 5. The Kier molecular flexibility index (Phi) is 5.31. The van der Waals surface area contributed by atoms with E-state index in [1.165, 1.54) is 6.07 Å². The molecule has 3 nitrogen and oxygen atoms in total. The van der Waals surface area contributed by atoms with Gasteiger partial charge in [-0.3, -0.25) is 4.90 Å². The predicted molar refractivity (Wildman–Crippen MR) is 74.7 cm³/mol. The molecular formula is C15H23FN2O. The number of aryl methyl sites for hydroxylation is 1. The first-order chi connectivity index (χ1) is 9.19. The molecule has 106 valence electrons. The lowest BCUT2D eigenvalue weighted by atomic mass is 10.1. The van der Waals surface area contributed by atoms with Crippen LogP contribution in [-0.4, -0.2) is 43.8 Å². The van der Waals surface area contributed by atoms with E-state index in [0.717, 1.165) is 44.9 Å². The average Bonchev–Trinajstić information content (AvgIpc) is 2.43. The second kappa shape index (κ2) is 6.98. The Labute approximate surface area is 114 Å². The van der Waals surface area contributed by atoms with Crippen molar-refractivity contribution >= 4 is 0 Å². The molecule has 1 saturated heterocycles. The Morgan fingerprint density at radius 1 is 1.47 bits per heavy atom. The summed E-state index contributed by atoms with van der Waals surface area (Å²) in [5, 5.41) is 3.39. The first-order valence-corrected chi connectivity index (χ1v) is 6.98. The molecule has 4 heteroatoms. The normalized spacial score (nSPS) is 20.7. The topological polar surface area (TPSA) is 24.5 Å². The largest absolute Gasteiger partial charge is 0.374 e. The fourth-order valence-electron chi connectivity index (χ4n) is 2.39. The van der Waals surface area contributed by atoms with Gasteiger partial charge in [-0.2, -0.15) is 0 Å². The van der Waals surface area contributed by atoms with Crippen LogP contribution in [0.4, 0.5) is 4.39 Å². The molecule has 0 saturated carbocycles. The molecule has 1 aliphatic heterocycles. The van der Waals surface area contributed by atoms with E-state index in [9.17, 15) is 4.39 Å². The number of hydrogen-bond acceptors (Lipinski definition) is 3. The van der Waals surface area contributed by atoms with E-state index in [1.54, 1.807) is 6.92 Å². The minimum Gasteiger partial charge on any atom is -0.374 e. The lowest BCUT2D eigenvalue weighted by Gasteiger charge is -2.32. The molecule has 0 bridgehead atoms. The Bertz CT molecular complexity index is 411. The van der Waals surface area contributed by atoms with E-state index >= 15 is 0 Å². The first-order valence-electron chi connectivity index (χ1n) is 6.98. The van der Waals surface area contributed by atoms with Crippen LogP contribution < -0.4 is 5.32 Å². The third-order valence-electron chi connectivity index (χ3n) is 3.59. The maximum atomic E-state index is 13.1. The summed E-state index contributed by atoms with van der Waals surface area (Å²) in [7, 11) is 0. The molecular weight excluding hydrogens is 243 g/mol. The monoisotopic (exact) mass is 266 g/mol. The van der Waals surface area contributed by atoms with Crippen LogP contribution in [0.3, 0.4) is 0 Å². The van der Waals surface area contributed by atoms with E-state index in [4.69, 9.17) is 4.74 Å². The molecule has 1 aromatic carbocycles. The second-order valence-corrected chi connectivity index (χ2v) is 5.10. The van der Waals surface area contributed by atoms with Gasteiger partial charge in [0.2, 0.25) is 0 Å². The first kappa shape index (κ1) is 14.4. The van der Waals surface area contributed by atoms with Crippen LogP contribution in [0.1, 0.15) is 18.1 Å². The molecule has 0 radical (unpaired) electrons. The molecule has 0 aromatic heterocycles. The van der Waals surface area contributed by atoms with Crippen LogP contribution in [0.25, 0.3) is 0 Å². The molecule has 1 N–H and O–H groups in total. The molecule has 1 fully saturated rings. The van der Waals surface area contributed by atoms with Gasteiger partial charge in [-0.05, 0) is 30.7 Å². The highest BCUT2D eigenvalue weighted by Crippen LogP contribution is 2.09. The van der Waals surface area contributed by atoms with Crippen molar-refractivity contribution in [1.29, 1.82) is 0 Å². The van der Waals surface area contributed by atoms with Gasteiger partial charge >= 0.3 is 0 Å². The van der Waals surface area contributed by atoms with Crippen LogP contribution in [0.5, 0.6) is 0 Å². The Balaban J connectivity index is 1.75. The van der Waals surface area contributed by atoms with E-state index in [2.05, 4.69) is 17.1 Å². The molecule has 0 aliphatic carbocycles. The van der Waals surface area contributed by atoms with E-state index in [0.29, 0.717) is 5.56 Å². The summed E-state index contributed by atoms with van der Waals surface area (Å²) >= 11 is 0. The van der Waals surface area contributed by atoms with Crippen LogP contribution in [0.2, 0.25) is 0 Å². The van der Waals surface area contributed by atoms with Gasteiger partial charge in [-0.1, -0.05) is 19.1 Å². The lowest BCUT2D eigenvalue weighted by Crippen LogP contribution is -2.46. The van der Waals surface area contributed by atoms with Crippen molar-refractivity contribution in [1.82, 2.24) is 10.2 Å². The van der Waals surface area contributed by atoms with Gasteiger partial charge < -0.3 is 10.1 Å². The zero-order valence-corrected chi connectivity index (χ0v) is 11.8. The predicted octanol–water partition coefficient (Wildman–Crippen LogP) is 1.94. The summed E-state index contributed by atoms with van der Waals surface area (Å²) in [5.41, 5.74) is 1.81. The Morgan fingerprint density at radius 3 is 3.05 bits per heavy atom. The van der Waals surface area contributed by atoms with Crippen LogP contribution in [0.15, 0.2) is 18.2 Å². The lowest BCUT2D eigenvalue weighted by molar-refractivity contribution is -0.0253. The van der Waals surface area contributed by atoms with Crippen molar-refractivity contribution in [3.05, 3.63) is 35.1 Å². The molecule has 1 heterocycles. The number of ether oxygens (including phenoxy) is 1. The molecule has 0 amide bonds. The van der Waals surface area contributed by atoms with Gasteiger partial charge in [0, 0.05) is 26.2 Å². The smallest absolute Gasteiger partial charge is 0.126 e. The summed E-state index contributed by atoms with van der Waals surface area (Å²) in [6.45, 7) is 9.49. The van der Waals surface area contributed by atoms with Crippen molar-refractivity contribution in [3.63, 3.8) is 0 Å². The van der Waals surface area contributed by atoms with Crippen molar-refractivity contribution in [2.24, 2.45) is 0 Å². The number of benzene rings is 1. The summed E-state index contributed by atoms with van der Waals surface area (Å²) < 4.78 is 18.9. The minimum absolute atomic E-state index is 0.141. The van der Waals surface area contributed by atoms with Gasteiger partial charge in [-0.15, -0.1) is 0 Å². The number of halogens is 1. The number of nitrogens with one attached hydrogen (secondary N) is 1. The second-order valence-electron chi connectivity index (χ2n) is 5.10. The molecule has 1 aliphatic rings. The standard InChI is InChI=1S/C15H23FN2O/c1-3-18-6-7-19-14(11-18)10-17-9-13-4-5-15(16)12(2)8-13/h4-5,8,14,17H,3,6-7,9-11H2,1-2H3. The summed E-state index contributed by atoms with van der Waals surface area (Å²) in [4.78, 5) is 2.40. The number of morpholine rings is 1. The van der Waals surface area contributed by atoms with Crippen LogP contribution >= 0.6 is 0 Å². The summed E-state index contributed by atoms with van der Waals surface area (Å²) in [6, 6.07) is 5.25. The molecule has 1 atom stereocenters. The third kappa shape index (κ3) is 4.27. The quantitative estimate of drug-likeness (QED) is 0.881.